The third-order valence-corrected chi connectivity index (χ3v) is 5.41. The Labute approximate surface area is 160 Å². The number of hydrogen-bond donors (Lipinski definition) is 2. The van der Waals surface area contributed by atoms with Crippen molar-refractivity contribution in [2.24, 2.45) is 11.1 Å². The van der Waals surface area contributed by atoms with Gasteiger partial charge < -0.3 is 10.5 Å². The van der Waals surface area contributed by atoms with Gasteiger partial charge in [-0.25, -0.2) is 0 Å². The molecule has 0 bridgehead atoms. The minimum atomic E-state index is 0.0938. The first-order valence-corrected chi connectivity index (χ1v) is 9.46. The van der Waals surface area contributed by atoms with Gasteiger partial charge in [0.2, 0.25) is 0 Å². The third kappa shape index (κ3) is 3.93. The smallest absolute Gasteiger partial charge is 0.0642 e. The Morgan fingerprint density at radius 3 is 1.93 bits per heavy atom. The van der Waals surface area contributed by atoms with Crippen molar-refractivity contribution < 1.29 is 5.21 Å². The second-order valence-electron chi connectivity index (χ2n) is 7.11. The Morgan fingerprint density at radius 1 is 0.778 bits per heavy atom. The van der Waals surface area contributed by atoms with Gasteiger partial charge in [-0.2, -0.15) is 0 Å². The Balaban J connectivity index is 1.70. The molecule has 1 heterocycles. The maximum absolute atomic E-state index is 9.83. The average Bonchev–Trinajstić information content (AvgIpc) is 2.76. The predicted octanol–water partition coefficient (Wildman–Crippen LogP) is 5.15. The molecule has 1 fully saturated rings. The molecule has 3 nitrogen and oxygen atoms in total. The highest BCUT2D eigenvalue weighted by Crippen LogP contribution is 2.37. The van der Waals surface area contributed by atoms with Gasteiger partial charge in [-0.05, 0) is 23.1 Å². The molecule has 136 valence electrons. The van der Waals surface area contributed by atoms with Crippen molar-refractivity contribution in [2.45, 2.75) is 24.9 Å². The van der Waals surface area contributed by atoms with Crippen LogP contribution in [0.2, 0.25) is 0 Å². The molecule has 0 radical (unpaired) electrons. The Bertz CT molecular complexity index is 878. The van der Waals surface area contributed by atoms with Gasteiger partial charge in [0.25, 0.3) is 0 Å². The zero-order valence-electron chi connectivity index (χ0n) is 15.2. The van der Waals surface area contributed by atoms with Gasteiger partial charge in [-0.3, -0.25) is 0 Å². The van der Waals surface area contributed by atoms with E-state index in [4.69, 9.17) is 0 Å². The Hall–Kier alpha value is -2.91. The van der Waals surface area contributed by atoms with E-state index in [2.05, 4.69) is 83.3 Å². The summed E-state index contributed by atoms with van der Waals surface area (Å²) in [4.78, 5) is 0. The molecular weight excluding hydrogens is 332 g/mol. The van der Waals surface area contributed by atoms with Crippen LogP contribution in [0.4, 0.5) is 0 Å². The third-order valence-electron chi connectivity index (χ3n) is 5.41. The summed E-state index contributed by atoms with van der Waals surface area (Å²) in [6.07, 6.45) is 1.55. The highest BCUT2D eigenvalue weighted by Gasteiger charge is 2.36. The summed E-state index contributed by atoms with van der Waals surface area (Å²) in [5, 5.41) is 17.4. The van der Waals surface area contributed by atoms with Crippen LogP contribution in [-0.2, 0) is 6.42 Å². The standard InChI is InChI=1S/C24H24N2O/c27-26-23-17-22(19-12-6-2-7-13-19)25-24(20-14-8-3-9-15-20)21(23)16-18-10-4-1-5-11-18/h1-15,21-22,24-25,27H,16-17H2/t21-,22-,24-/m0/s1. The van der Waals surface area contributed by atoms with E-state index in [-0.39, 0.29) is 18.0 Å². The van der Waals surface area contributed by atoms with Crippen LogP contribution in [0.25, 0.3) is 0 Å². The molecule has 2 N–H and O–H groups in total. The van der Waals surface area contributed by atoms with Crippen LogP contribution < -0.4 is 5.32 Å². The summed E-state index contributed by atoms with van der Waals surface area (Å²) in [7, 11) is 0. The number of piperidine rings is 1. The van der Waals surface area contributed by atoms with E-state index in [0.29, 0.717) is 6.42 Å². The zero-order chi connectivity index (χ0) is 18.5. The Morgan fingerprint density at radius 2 is 1.33 bits per heavy atom. The van der Waals surface area contributed by atoms with Crippen molar-refractivity contribution >= 4 is 5.71 Å². The van der Waals surface area contributed by atoms with E-state index in [1.54, 1.807) is 0 Å². The van der Waals surface area contributed by atoms with Crippen molar-refractivity contribution in [2.75, 3.05) is 0 Å². The SMILES string of the molecule is ON=C1C[C@@H](c2ccccc2)N[C@@H](c2ccccc2)[C@H]1Cc1ccccc1. The lowest BCUT2D eigenvalue weighted by Gasteiger charge is -2.39. The van der Waals surface area contributed by atoms with Crippen molar-refractivity contribution in [3.05, 3.63) is 108 Å². The van der Waals surface area contributed by atoms with E-state index in [1.165, 1.54) is 16.7 Å². The second-order valence-corrected chi connectivity index (χ2v) is 7.11. The van der Waals surface area contributed by atoms with Crippen molar-refractivity contribution in [3.8, 4) is 0 Å². The molecular formula is C24H24N2O. The van der Waals surface area contributed by atoms with E-state index in [9.17, 15) is 5.21 Å². The van der Waals surface area contributed by atoms with Crippen LogP contribution in [-0.4, -0.2) is 10.9 Å². The van der Waals surface area contributed by atoms with Gasteiger partial charge in [-0.15, -0.1) is 0 Å². The highest BCUT2D eigenvalue weighted by molar-refractivity contribution is 5.89. The molecule has 0 spiro atoms. The van der Waals surface area contributed by atoms with Crippen molar-refractivity contribution in [1.82, 2.24) is 5.32 Å². The van der Waals surface area contributed by atoms with E-state index in [1.807, 2.05) is 18.2 Å². The number of benzene rings is 3. The summed E-state index contributed by atoms with van der Waals surface area (Å²) < 4.78 is 0. The van der Waals surface area contributed by atoms with Crippen LogP contribution in [0.1, 0.15) is 35.2 Å². The Kier molecular flexibility index (Phi) is 5.31. The minimum absolute atomic E-state index is 0.0938. The lowest BCUT2D eigenvalue weighted by molar-refractivity contribution is 0.288. The molecule has 0 saturated carbocycles. The molecule has 1 saturated heterocycles. The molecule has 0 unspecified atom stereocenters. The van der Waals surface area contributed by atoms with Crippen LogP contribution in [0.15, 0.2) is 96.2 Å². The molecule has 3 aromatic carbocycles. The molecule has 1 aliphatic heterocycles. The molecule has 4 rings (SSSR count). The largest absolute Gasteiger partial charge is 0.411 e. The molecule has 1 aliphatic rings. The summed E-state index contributed by atoms with van der Waals surface area (Å²) in [6.45, 7) is 0. The van der Waals surface area contributed by atoms with Gasteiger partial charge in [0.1, 0.15) is 0 Å². The fourth-order valence-electron chi connectivity index (χ4n) is 4.05. The molecule has 0 aromatic heterocycles. The summed E-state index contributed by atoms with van der Waals surface area (Å²) in [5.41, 5.74) is 4.56. The first kappa shape index (κ1) is 17.5. The van der Waals surface area contributed by atoms with E-state index in [0.717, 1.165) is 12.1 Å². The summed E-state index contributed by atoms with van der Waals surface area (Å²) >= 11 is 0. The van der Waals surface area contributed by atoms with E-state index >= 15 is 0 Å². The van der Waals surface area contributed by atoms with Gasteiger partial charge in [0.15, 0.2) is 0 Å². The molecule has 0 aliphatic carbocycles. The monoisotopic (exact) mass is 356 g/mol. The predicted molar refractivity (Wildman–Crippen MR) is 109 cm³/mol. The number of oxime groups is 1. The van der Waals surface area contributed by atoms with Gasteiger partial charge in [0, 0.05) is 24.4 Å². The molecule has 3 atom stereocenters. The van der Waals surface area contributed by atoms with Crippen LogP contribution in [0.3, 0.4) is 0 Å². The van der Waals surface area contributed by atoms with Crippen LogP contribution >= 0.6 is 0 Å². The normalized spacial score (nSPS) is 24.0. The maximum Gasteiger partial charge on any atom is 0.0642 e. The second kappa shape index (κ2) is 8.19. The summed E-state index contributed by atoms with van der Waals surface area (Å²) in [6, 6.07) is 31.5. The lowest BCUT2D eigenvalue weighted by Crippen LogP contribution is -2.43. The minimum Gasteiger partial charge on any atom is -0.411 e. The fourth-order valence-corrected chi connectivity index (χ4v) is 4.05. The first-order valence-electron chi connectivity index (χ1n) is 9.46. The van der Waals surface area contributed by atoms with Gasteiger partial charge in [-0.1, -0.05) is 96.2 Å². The van der Waals surface area contributed by atoms with Gasteiger partial charge >= 0.3 is 0 Å². The van der Waals surface area contributed by atoms with Crippen molar-refractivity contribution in [1.29, 1.82) is 0 Å². The zero-order valence-corrected chi connectivity index (χ0v) is 15.2. The van der Waals surface area contributed by atoms with Gasteiger partial charge in [0.05, 0.1) is 5.71 Å². The average molecular weight is 356 g/mol. The van der Waals surface area contributed by atoms with Crippen LogP contribution in [0, 0.1) is 5.92 Å². The first-order chi connectivity index (χ1) is 13.3. The number of nitrogens with one attached hydrogen (secondary N) is 1. The molecule has 3 aromatic rings. The molecule has 27 heavy (non-hydrogen) atoms. The topological polar surface area (TPSA) is 44.6 Å². The fraction of sp³-hybridized carbons (Fsp3) is 0.208. The summed E-state index contributed by atoms with van der Waals surface area (Å²) in [5.74, 6) is 0.111. The van der Waals surface area contributed by atoms with Crippen LogP contribution in [0.5, 0.6) is 0 Å². The number of hydrogen-bond acceptors (Lipinski definition) is 3. The molecule has 0 amide bonds. The lowest BCUT2D eigenvalue weighted by atomic mass is 9.77. The molecule has 3 heteroatoms. The quantitative estimate of drug-likeness (QED) is 0.501. The van der Waals surface area contributed by atoms with E-state index < -0.39 is 0 Å². The maximum atomic E-state index is 9.83. The number of rotatable bonds is 4. The number of nitrogens with zero attached hydrogens (tertiary/aromatic N) is 1. The van der Waals surface area contributed by atoms with Crippen molar-refractivity contribution in [3.63, 3.8) is 0 Å². The highest BCUT2D eigenvalue weighted by atomic mass is 16.4.